The van der Waals surface area contributed by atoms with E-state index < -0.39 is 11.9 Å². The van der Waals surface area contributed by atoms with Gasteiger partial charge in [-0.25, -0.2) is 4.39 Å². The highest BCUT2D eigenvalue weighted by Gasteiger charge is 2.15. The van der Waals surface area contributed by atoms with E-state index in [1.807, 2.05) is 0 Å². The quantitative estimate of drug-likeness (QED) is 0.840. The topological polar surface area (TPSA) is 29.5 Å². The molecule has 1 N–H and O–H groups in total. The fourth-order valence-corrected chi connectivity index (χ4v) is 2.39. The largest absolute Gasteiger partial charge is 0.453 e. The molecular formula is C14H11BrClFO2. The molecule has 0 unspecified atom stereocenters. The molecule has 0 spiro atoms. The number of para-hydroxylation sites is 1. The molecule has 0 fully saturated rings. The molecule has 0 saturated heterocycles. The second-order valence-electron chi connectivity index (χ2n) is 4.01. The highest BCUT2D eigenvalue weighted by atomic mass is 79.9. The summed E-state index contributed by atoms with van der Waals surface area (Å²) in [6.07, 6.45) is -0.822. The molecule has 0 aliphatic carbocycles. The standard InChI is InChI=1S/C14H11BrClFO2/c1-8(18)10-3-2-4-12(17)14(10)19-13-6-5-9(16)7-11(13)15/h2-8,18H,1H3/t8-/m0/s1. The summed E-state index contributed by atoms with van der Waals surface area (Å²) in [6, 6.07) is 9.36. The van der Waals surface area contributed by atoms with Crippen molar-refractivity contribution in [2.45, 2.75) is 13.0 Å². The van der Waals surface area contributed by atoms with Crippen molar-refractivity contribution < 1.29 is 14.2 Å². The van der Waals surface area contributed by atoms with Crippen LogP contribution in [0.15, 0.2) is 40.9 Å². The van der Waals surface area contributed by atoms with Crippen LogP contribution in [0.3, 0.4) is 0 Å². The molecule has 2 rings (SSSR count). The molecule has 1 atom stereocenters. The van der Waals surface area contributed by atoms with E-state index in [1.165, 1.54) is 12.1 Å². The summed E-state index contributed by atoms with van der Waals surface area (Å²) in [4.78, 5) is 0. The fourth-order valence-electron chi connectivity index (χ4n) is 1.63. The molecule has 0 heterocycles. The van der Waals surface area contributed by atoms with E-state index >= 15 is 0 Å². The second-order valence-corrected chi connectivity index (χ2v) is 5.30. The number of halogens is 3. The lowest BCUT2D eigenvalue weighted by molar-refractivity contribution is 0.194. The van der Waals surface area contributed by atoms with E-state index in [9.17, 15) is 9.50 Å². The maximum Gasteiger partial charge on any atom is 0.168 e. The van der Waals surface area contributed by atoms with Crippen LogP contribution >= 0.6 is 27.5 Å². The van der Waals surface area contributed by atoms with Crippen molar-refractivity contribution in [1.82, 2.24) is 0 Å². The molecule has 5 heteroatoms. The molecule has 2 aromatic carbocycles. The molecule has 0 aliphatic heterocycles. The molecule has 0 radical (unpaired) electrons. The lowest BCUT2D eigenvalue weighted by atomic mass is 10.1. The van der Waals surface area contributed by atoms with Crippen LogP contribution in [0.1, 0.15) is 18.6 Å². The van der Waals surface area contributed by atoms with Crippen molar-refractivity contribution in [3.63, 3.8) is 0 Å². The Morgan fingerprint density at radius 1 is 1.32 bits per heavy atom. The Balaban J connectivity index is 2.43. The second kappa shape index (κ2) is 5.90. The van der Waals surface area contributed by atoms with Crippen molar-refractivity contribution in [2.24, 2.45) is 0 Å². The molecule has 0 aliphatic rings. The minimum absolute atomic E-state index is 0.0144. The van der Waals surface area contributed by atoms with Crippen LogP contribution in [0.2, 0.25) is 5.02 Å². The van der Waals surface area contributed by atoms with Gasteiger partial charge >= 0.3 is 0 Å². The van der Waals surface area contributed by atoms with Crippen molar-refractivity contribution in [3.8, 4) is 11.5 Å². The number of hydrogen-bond acceptors (Lipinski definition) is 2. The molecule has 0 aromatic heterocycles. The van der Waals surface area contributed by atoms with Gasteiger partial charge in [0.1, 0.15) is 5.75 Å². The van der Waals surface area contributed by atoms with Gasteiger partial charge in [-0.05, 0) is 47.1 Å². The van der Waals surface area contributed by atoms with Gasteiger partial charge < -0.3 is 9.84 Å². The van der Waals surface area contributed by atoms with Crippen LogP contribution in [0.25, 0.3) is 0 Å². The average molecular weight is 346 g/mol. The lowest BCUT2D eigenvalue weighted by Gasteiger charge is -2.14. The van der Waals surface area contributed by atoms with Crippen LogP contribution in [0.5, 0.6) is 11.5 Å². The van der Waals surface area contributed by atoms with Gasteiger partial charge in [0.15, 0.2) is 11.6 Å². The Morgan fingerprint density at radius 3 is 2.68 bits per heavy atom. The predicted octanol–water partition coefficient (Wildman–Crippen LogP) is 5.09. The highest BCUT2D eigenvalue weighted by Crippen LogP contribution is 2.36. The molecule has 0 amide bonds. The molecule has 100 valence electrons. The Hall–Kier alpha value is -1.10. The van der Waals surface area contributed by atoms with Crippen LogP contribution in [0.4, 0.5) is 4.39 Å². The lowest BCUT2D eigenvalue weighted by Crippen LogP contribution is -1.99. The van der Waals surface area contributed by atoms with Crippen LogP contribution < -0.4 is 4.74 Å². The van der Waals surface area contributed by atoms with E-state index in [-0.39, 0.29) is 5.75 Å². The molecule has 2 nitrogen and oxygen atoms in total. The van der Waals surface area contributed by atoms with E-state index in [1.54, 1.807) is 31.2 Å². The molecule has 0 bridgehead atoms. The maximum absolute atomic E-state index is 13.8. The Kier molecular flexibility index (Phi) is 4.45. The Morgan fingerprint density at radius 2 is 2.05 bits per heavy atom. The number of aliphatic hydroxyl groups excluding tert-OH is 1. The van der Waals surface area contributed by atoms with Crippen LogP contribution in [-0.4, -0.2) is 5.11 Å². The summed E-state index contributed by atoms with van der Waals surface area (Å²) < 4.78 is 20.0. The van der Waals surface area contributed by atoms with E-state index in [0.29, 0.717) is 20.8 Å². The van der Waals surface area contributed by atoms with E-state index in [0.717, 1.165) is 0 Å². The minimum atomic E-state index is -0.822. The summed E-state index contributed by atoms with van der Waals surface area (Å²) in [6.45, 7) is 1.55. The van der Waals surface area contributed by atoms with E-state index in [2.05, 4.69) is 15.9 Å². The number of ether oxygens (including phenoxy) is 1. The third-order valence-corrected chi connectivity index (χ3v) is 3.41. The Labute approximate surface area is 123 Å². The van der Waals surface area contributed by atoms with Gasteiger partial charge in [-0.2, -0.15) is 0 Å². The van der Waals surface area contributed by atoms with Crippen LogP contribution in [-0.2, 0) is 0 Å². The monoisotopic (exact) mass is 344 g/mol. The fraction of sp³-hybridized carbons (Fsp3) is 0.143. The van der Waals surface area contributed by atoms with Gasteiger partial charge in [0.05, 0.1) is 10.6 Å². The van der Waals surface area contributed by atoms with Gasteiger partial charge in [0.25, 0.3) is 0 Å². The third kappa shape index (κ3) is 3.26. The minimum Gasteiger partial charge on any atom is -0.453 e. The Bertz CT molecular complexity index is 602. The number of hydrogen-bond donors (Lipinski definition) is 1. The molecular weight excluding hydrogens is 335 g/mol. The van der Waals surface area contributed by atoms with Gasteiger partial charge in [0, 0.05) is 10.6 Å². The zero-order valence-electron chi connectivity index (χ0n) is 10.0. The van der Waals surface area contributed by atoms with Crippen molar-refractivity contribution in [2.75, 3.05) is 0 Å². The highest BCUT2D eigenvalue weighted by molar-refractivity contribution is 9.10. The first-order chi connectivity index (χ1) is 8.99. The zero-order valence-corrected chi connectivity index (χ0v) is 12.4. The van der Waals surface area contributed by atoms with Gasteiger partial charge in [-0.15, -0.1) is 0 Å². The zero-order chi connectivity index (χ0) is 14.0. The first-order valence-electron chi connectivity index (χ1n) is 5.58. The molecule has 19 heavy (non-hydrogen) atoms. The smallest absolute Gasteiger partial charge is 0.168 e. The summed E-state index contributed by atoms with van der Waals surface area (Å²) in [5.74, 6) is -0.0860. The SMILES string of the molecule is C[C@H](O)c1cccc(F)c1Oc1ccc(Cl)cc1Br. The van der Waals surface area contributed by atoms with Crippen molar-refractivity contribution in [1.29, 1.82) is 0 Å². The first kappa shape index (κ1) is 14.3. The predicted molar refractivity (Wildman–Crippen MR) is 76.3 cm³/mol. The van der Waals surface area contributed by atoms with Crippen molar-refractivity contribution in [3.05, 3.63) is 57.3 Å². The van der Waals surface area contributed by atoms with Crippen LogP contribution in [0, 0.1) is 5.82 Å². The average Bonchev–Trinajstić information content (AvgIpc) is 2.34. The number of aliphatic hydroxyl groups is 1. The van der Waals surface area contributed by atoms with Gasteiger partial charge in [-0.3, -0.25) is 0 Å². The molecule has 0 saturated carbocycles. The van der Waals surface area contributed by atoms with Gasteiger partial charge in [-0.1, -0.05) is 23.7 Å². The van der Waals surface area contributed by atoms with E-state index in [4.69, 9.17) is 16.3 Å². The number of rotatable bonds is 3. The summed E-state index contributed by atoms with van der Waals surface area (Å²) in [5, 5.41) is 10.2. The first-order valence-corrected chi connectivity index (χ1v) is 6.75. The van der Waals surface area contributed by atoms with Crippen molar-refractivity contribution >= 4 is 27.5 Å². The third-order valence-electron chi connectivity index (χ3n) is 2.55. The molecule has 2 aromatic rings. The summed E-state index contributed by atoms with van der Waals surface area (Å²) >= 11 is 9.13. The summed E-state index contributed by atoms with van der Waals surface area (Å²) in [5.41, 5.74) is 0.391. The van der Waals surface area contributed by atoms with Gasteiger partial charge in [0.2, 0.25) is 0 Å². The number of benzene rings is 2. The normalized spacial score (nSPS) is 12.3. The summed E-state index contributed by atoms with van der Waals surface area (Å²) in [7, 11) is 0. The maximum atomic E-state index is 13.8.